The molecule has 2 aromatic heterocycles. The number of pyridine rings is 2. The van der Waals surface area contributed by atoms with Crippen LogP contribution in [0.5, 0.6) is 5.75 Å². The lowest BCUT2D eigenvalue weighted by Gasteiger charge is -2.28. The second-order valence-corrected chi connectivity index (χ2v) is 9.64. The highest BCUT2D eigenvalue weighted by atomic mass is 35.5. The first-order valence-corrected chi connectivity index (χ1v) is 13.1. The van der Waals surface area contributed by atoms with Gasteiger partial charge in [0.25, 0.3) is 0 Å². The van der Waals surface area contributed by atoms with Gasteiger partial charge in [0.1, 0.15) is 27.8 Å². The van der Waals surface area contributed by atoms with Gasteiger partial charge in [-0.15, -0.1) is 0 Å². The Hall–Kier alpha value is -3.67. The predicted octanol–water partition coefficient (Wildman–Crippen LogP) is 6.09. The molecule has 40 heavy (non-hydrogen) atoms. The number of rotatable bonds is 9. The number of carbonyl (C=O) groups excluding carboxylic acids is 2. The molecule has 0 bridgehead atoms. The molecule has 2 atom stereocenters. The predicted molar refractivity (Wildman–Crippen MR) is 140 cm³/mol. The number of fused-ring (bicyclic) bond motifs is 1. The first-order valence-electron chi connectivity index (χ1n) is 12.7. The number of likely N-dealkylation sites (tertiary alicyclic amines) is 1. The van der Waals surface area contributed by atoms with Crippen LogP contribution >= 0.6 is 11.6 Å². The fourth-order valence-corrected chi connectivity index (χ4v) is 4.79. The van der Waals surface area contributed by atoms with Gasteiger partial charge in [-0.3, -0.25) is 9.78 Å². The van der Waals surface area contributed by atoms with Crippen molar-refractivity contribution in [3.05, 3.63) is 58.6 Å². The lowest BCUT2D eigenvalue weighted by atomic mass is 10.0. The van der Waals surface area contributed by atoms with E-state index < -0.39 is 36.0 Å². The number of amides is 1. The fraction of sp³-hybridized carbons (Fsp3) is 0.407. The number of benzene rings is 1. The normalized spacial score (nSPS) is 16.2. The van der Waals surface area contributed by atoms with Crippen LogP contribution in [-0.2, 0) is 9.53 Å². The van der Waals surface area contributed by atoms with Gasteiger partial charge in [0.2, 0.25) is 0 Å². The number of halogens is 5. The van der Waals surface area contributed by atoms with Gasteiger partial charge in [-0.2, -0.15) is 13.2 Å². The van der Waals surface area contributed by atoms with E-state index in [9.17, 15) is 27.2 Å². The lowest BCUT2D eigenvalue weighted by molar-refractivity contribution is -0.186. The Morgan fingerprint density at radius 3 is 2.75 bits per heavy atom. The molecule has 1 N–H and O–H groups in total. The summed E-state index contributed by atoms with van der Waals surface area (Å²) < 4.78 is 64.8. The molecule has 214 valence electrons. The highest BCUT2D eigenvalue weighted by Crippen LogP contribution is 2.40. The third kappa shape index (κ3) is 6.55. The topological polar surface area (TPSA) is 93.7 Å². The Morgan fingerprint density at radius 1 is 1.25 bits per heavy atom. The number of alkyl halides is 3. The summed E-state index contributed by atoms with van der Waals surface area (Å²) in [6.07, 6.45) is -3.16. The zero-order valence-electron chi connectivity index (χ0n) is 21.7. The van der Waals surface area contributed by atoms with E-state index in [2.05, 4.69) is 15.3 Å². The van der Waals surface area contributed by atoms with Crippen LogP contribution in [0.1, 0.15) is 55.1 Å². The molecule has 13 heteroatoms. The molecule has 0 spiro atoms. The molecule has 3 aromatic rings. The SMILES string of the molecule is CCOC(=O)c1cnc2ccc(Cl)nc2c1NCCC(C)Oc1ccc(F)cc1C1CCCN1C(=O)C(F)(F)F. The van der Waals surface area contributed by atoms with Gasteiger partial charge in [-0.25, -0.2) is 14.2 Å². The van der Waals surface area contributed by atoms with E-state index in [1.807, 2.05) is 0 Å². The molecule has 1 amide bonds. The minimum absolute atomic E-state index is 0.0841. The van der Waals surface area contributed by atoms with E-state index in [0.717, 1.165) is 17.0 Å². The van der Waals surface area contributed by atoms with Crippen molar-refractivity contribution in [2.24, 2.45) is 0 Å². The van der Waals surface area contributed by atoms with Crippen LogP contribution in [0.15, 0.2) is 36.5 Å². The number of nitrogens with zero attached hydrogens (tertiary/aromatic N) is 3. The van der Waals surface area contributed by atoms with E-state index in [1.165, 1.54) is 12.3 Å². The van der Waals surface area contributed by atoms with Crippen molar-refractivity contribution in [2.75, 3.05) is 25.0 Å². The maximum atomic E-state index is 14.2. The Labute approximate surface area is 232 Å². The van der Waals surface area contributed by atoms with Crippen molar-refractivity contribution < 1.29 is 36.6 Å². The van der Waals surface area contributed by atoms with Crippen molar-refractivity contribution in [3.8, 4) is 5.75 Å². The van der Waals surface area contributed by atoms with E-state index in [-0.39, 0.29) is 41.6 Å². The zero-order chi connectivity index (χ0) is 29.0. The molecule has 1 saturated heterocycles. The molecule has 0 radical (unpaired) electrons. The summed E-state index contributed by atoms with van der Waals surface area (Å²) in [6, 6.07) is 5.90. The van der Waals surface area contributed by atoms with Crippen LogP contribution in [0.4, 0.5) is 23.2 Å². The van der Waals surface area contributed by atoms with Crippen LogP contribution in [-0.4, -0.2) is 58.7 Å². The fourth-order valence-electron chi connectivity index (χ4n) is 4.64. The summed E-state index contributed by atoms with van der Waals surface area (Å²) in [4.78, 5) is 33.8. The maximum Gasteiger partial charge on any atom is 0.471 e. The number of carbonyl (C=O) groups is 2. The van der Waals surface area contributed by atoms with Crippen LogP contribution in [0.25, 0.3) is 11.0 Å². The van der Waals surface area contributed by atoms with Crippen LogP contribution in [0, 0.1) is 5.82 Å². The van der Waals surface area contributed by atoms with Crippen molar-refractivity contribution in [1.29, 1.82) is 0 Å². The Bertz CT molecular complexity index is 1400. The van der Waals surface area contributed by atoms with Gasteiger partial charge >= 0.3 is 18.1 Å². The van der Waals surface area contributed by atoms with E-state index in [4.69, 9.17) is 21.1 Å². The van der Waals surface area contributed by atoms with Crippen LogP contribution in [0.3, 0.4) is 0 Å². The van der Waals surface area contributed by atoms with Crippen LogP contribution in [0.2, 0.25) is 5.15 Å². The first-order chi connectivity index (χ1) is 19.0. The van der Waals surface area contributed by atoms with Crippen molar-refractivity contribution >= 4 is 40.2 Å². The smallest absolute Gasteiger partial charge is 0.471 e. The molecule has 1 fully saturated rings. The van der Waals surface area contributed by atoms with E-state index >= 15 is 0 Å². The van der Waals surface area contributed by atoms with E-state index in [0.29, 0.717) is 36.1 Å². The summed E-state index contributed by atoms with van der Waals surface area (Å²) in [5.74, 6) is -3.00. The number of hydrogen-bond acceptors (Lipinski definition) is 7. The zero-order valence-corrected chi connectivity index (χ0v) is 22.5. The number of hydrogen-bond donors (Lipinski definition) is 1. The Balaban J connectivity index is 1.51. The summed E-state index contributed by atoms with van der Waals surface area (Å²) in [7, 11) is 0. The minimum atomic E-state index is -5.03. The quantitative estimate of drug-likeness (QED) is 0.185. The molecule has 1 aliphatic heterocycles. The van der Waals surface area contributed by atoms with Gasteiger partial charge < -0.3 is 19.7 Å². The summed E-state index contributed by atoms with van der Waals surface area (Å²) in [5, 5.41) is 3.39. The Morgan fingerprint density at radius 2 is 2.02 bits per heavy atom. The van der Waals surface area contributed by atoms with Gasteiger partial charge in [0.05, 0.1) is 30.0 Å². The third-order valence-corrected chi connectivity index (χ3v) is 6.65. The standard InChI is InChI=1S/C27H27ClF4N4O4/c1-3-39-25(37)18-14-34-19-7-9-22(28)35-24(19)23(18)33-11-10-15(2)40-21-8-6-16(29)13-17(21)20-5-4-12-36(20)26(38)27(30,31)32/h6-9,13-15,20H,3-5,10-12H2,1-2H3,(H,33,34). The second-order valence-electron chi connectivity index (χ2n) is 9.25. The van der Waals surface area contributed by atoms with E-state index in [1.54, 1.807) is 26.0 Å². The molecular weight excluding hydrogens is 556 g/mol. The van der Waals surface area contributed by atoms with Gasteiger partial charge in [-0.05, 0) is 57.0 Å². The highest BCUT2D eigenvalue weighted by molar-refractivity contribution is 6.29. The van der Waals surface area contributed by atoms with Gasteiger partial charge in [0.15, 0.2) is 0 Å². The number of esters is 1. The Kier molecular flexibility index (Phi) is 8.97. The molecule has 8 nitrogen and oxygen atoms in total. The lowest BCUT2D eigenvalue weighted by Crippen LogP contribution is -2.40. The van der Waals surface area contributed by atoms with Gasteiger partial charge in [0, 0.05) is 31.3 Å². The molecular formula is C27H27ClF4N4O4. The molecule has 1 aromatic carbocycles. The van der Waals surface area contributed by atoms with Crippen LogP contribution < -0.4 is 10.1 Å². The molecule has 0 aliphatic carbocycles. The first kappa shape index (κ1) is 29.3. The average molecular weight is 583 g/mol. The molecule has 2 unspecified atom stereocenters. The average Bonchev–Trinajstić information content (AvgIpc) is 3.38. The summed E-state index contributed by atoms with van der Waals surface area (Å²) in [5.41, 5.74) is 1.62. The second kappa shape index (κ2) is 12.2. The third-order valence-electron chi connectivity index (χ3n) is 6.44. The number of ether oxygens (including phenoxy) is 2. The molecule has 4 rings (SSSR count). The van der Waals surface area contributed by atoms with Crippen molar-refractivity contribution in [2.45, 2.75) is 51.4 Å². The maximum absolute atomic E-state index is 14.2. The van der Waals surface area contributed by atoms with Crippen molar-refractivity contribution in [1.82, 2.24) is 14.9 Å². The molecule has 1 aliphatic rings. The number of aromatic nitrogens is 2. The number of nitrogens with one attached hydrogen (secondary N) is 1. The molecule has 3 heterocycles. The summed E-state index contributed by atoms with van der Waals surface area (Å²) >= 11 is 6.08. The summed E-state index contributed by atoms with van der Waals surface area (Å²) in [6.45, 7) is 3.80. The molecule has 0 saturated carbocycles. The van der Waals surface area contributed by atoms with Crippen molar-refractivity contribution in [3.63, 3.8) is 0 Å². The monoisotopic (exact) mass is 582 g/mol. The number of anilines is 1. The minimum Gasteiger partial charge on any atom is -0.490 e. The largest absolute Gasteiger partial charge is 0.490 e. The van der Waals surface area contributed by atoms with Gasteiger partial charge in [-0.1, -0.05) is 11.6 Å². The highest BCUT2D eigenvalue weighted by Gasteiger charge is 2.46.